The van der Waals surface area contributed by atoms with E-state index in [0.29, 0.717) is 12.5 Å². The molecule has 2 rings (SSSR count). The van der Waals surface area contributed by atoms with E-state index in [0.717, 1.165) is 18.5 Å². The molecule has 0 spiro atoms. The van der Waals surface area contributed by atoms with E-state index in [1.54, 1.807) is 0 Å². The monoisotopic (exact) mass is 197 g/mol. The van der Waals surface area contributed by atoms with Crippen LogP contribution in [0.25, 0.3) is 0 Å². The molecule has 82 valence electrons. The molecule has 14 heavy (non-hydrogen) atoms. The van der Waals surface area contributed by atoms with E-state index < -0.39 is 0 Å². The molecule has 1 saturated carbocycles. The van der Waals surface area contributed by atoms with Gasteiger partial charge < -0.3 is 5.11 Å². The first kappa shape index (κ1) is 10.4. The molecule has 1 saturated heterocycles. The van der Waals surface area contributed by atoms with E-state index in [1.807, 2.05) is 0 Å². The van der Waals surface area contributed by atoms with Crippen molar-refractivity contribution in [3.63, 3.8) is 0 Å². The molecule has 2 nitrogen and oxygen atoms in total. The van der Waals surface area contributed by atoms with Crippen LogP contribution >= 0.6 is 0 Å². The van der Waals surface area contributed by atoms with Gasteiger partial charge in [-0.05, 0) is 31.1 Å². The van der Waals surface area contributed by atoms with Gasteiger partial charge in [-0.1, -0.05) is 19.8 Å². The Morgan fingerprint density at radius 2 is 1.93 bits per heavy atom. The highest BCUT2D eigenvalue weighted by Gasteiger charge is 2.30. The lowest BCUT2D eigenvalue weighted by Gasteiger charge is -2.39. The van der Waals surface area contributed by atoms with Crippen molar-refractivity contribution in [1.82, 2.24) is 4.90 Å². The van der Waals surface area contributed by atoms with Gasteiger partial charge in [0.25, 0.3) is 0 Å². The normalized spacial score (nSPS) is 36.4. The summed E-state index contributed by atoms with van der Waals surface area (Å²) < 4.78 is 0. The Balaban J connectivity index is 1.90. The minimum absolute atomic E-state index is 0.383. The van der Waals surface area contributed by atoms with Gasteiger partial charge in [-0.2, -0.15) is 0 Å². The van der Waals surface area contributed by atoms with Crippen molar-refractivity contribution in [2.24, 2.45) is 11.8 Å². The molecule has 0 radical (unpaired) electrons. The summed E-state index contributed by atoms with van der Waals surface area (Å²) in [6, 6.07) is 0.840. The van der Waals surface area contributed by atoms with E-state index in [4.69, 9.17) is 0 Å². The fraction of sp³-hybridized carbons (Fsp3) is 1.00. The number of aliphatic hydroxyl groups excluding tert-OH is 1. The van der Waals surface area contributed by atoms with E-state index in [-0.39, 0.29) is 0 Å². The summed E-state index contributed by atoms with van der Waals surface area (Å²) in [5.41, 5.74) is 0. The number of rotatable bonds is 2. The van der Waals surface area contributed by atoms with Gasteiger partial charge in [0.1, 0.15) is 0 Å². The van der Waals surface area contributed by atoms with Crippen LogP contribution in [0.4, 0.5) is 0 Å². The maximum atomic E-state index is 9.24. The van der Waals surface area contributed by atoms with Crippen LogP contribution in [0.5, 0.6) is 0 Å². The van der Waals surface area contributed by atoms with Crippen LogP contribution in [-0.4, -0.2) is 35.7 Å². The molecular formula is C12H23NO. The molecule has 0 aromatic carbocycles. The first-order valence-electron chi connectivity index (χ1n) is 6.14. The second-order valence-electron chi connectivity index (χ2n) is 5.28. The van der Waals surface area contributed by atoms with Crippen molar-refractivity contribution in [3.05, 3.63) is 0 Å². The van der Waals surface area contributed by atoms with Gasteiger partial charge in [-0.3, -0.25) is 4.90 Å². The van der Waals surface area contributed by atoms with Gasteiger partial charge in [-0.25, -0.2) is 0 Å². The zero-order valence-corrected chi connectivity index (χ0v) is 9.28. The summed E-state index contributed by atoms with van der Waals surface area (Å²) in [6.07, 6.45) is 6.84. The first-order valence-corrected chi connectivity index (χ1v) is 6.14. The van der Waals surface area contributed by atoms with Gasteiger partial charge in [0, 0.05) is 25.7 Å². The van der Waals surface area contributed by atoms with E-state index in [2.05, 4.69) is 11.8 Å². The van der Waals surface area contributed by atoms with Crippen molar-refractivity contribution >= 4 is 0 Å². The molecule has 0 bridgehead atoms. The second kappa shape index (κ2) is 4.63. The molecule has 1 aliphatic carbocycles. The summed E-state index contributed by atoms with van der Waals surface area (Å²) in [5, 5.41) is 9.24. The largest absolute Gasteiger partial charge is 0.396 e. The van der Waals surface area contributed by atoms with Crippen molar-refractivity contribution in [3.8, 4) is 0 Å². The van der Waals surface area contributed by atoms with Gasteiger partial charge >= 0.3 is 0 Å². The Morgan fingerprint density at radius 1 is 1.21 bits per heavy atom. The highest BCUT2D eigenvalue weighted by molar-refractivity contribution is 4.84. The number of piperidine rings is 1. The summed E-state index contributed by atoms with van der Waals surface area (Å²) in [6.45, 7) is 5.12. The van der Waals surface area contributed by atoms with Gasteiger partial charge in [0.05, 0.1) is 0 Å². The quantitative estimate of drug-likeness (QED) is 0.730. The second-order valence-corrected chi connectivity index (χ2v) is 5.28. The molecule has 2 heteroatoms. The minimum Gasteiger partial charge on any atom is -0.396 e. The zero-order chi connectivity index (χ0) is 9.97. The van der Waals surface area contributed by atoms with Crippen molar-refractivity contribution in [2.45, 2.75) is 45.1 Å². The number of hydrogen-bond acceptors (Lipinski definition) is 2. The number of hydrogen-bond donors (Lipinski definition) is 1. The van der Waals surface area contributed by atoms with Gasteiger partial charge in [0.2, 0.25) is 0 Å². The molecule has 0 amide bonds. The summed E-state index contributed by atoms with van der Waals surface area (Å²) in [4.78, 5) is 2.64. The zero-order valence-electron chi connectivity index (χ0n) is 9.28. The smallest absolute Gasteiger partial charge is 0.0471 e. The maximum Gasteiger partial charge on any atom is 0.0471 e. The van der Waals surface area contributed by atoms with E-state index in [1.165, 1.54) is 38.6 Å². The molecule has 1 aliphatic heterocycles. The third-order valence-corrected chi connectivity index (χ3v) is 3.87. The highest BCUT2D eigenvalue weighted by atomic mass is 16.3. The van der Waals surface area contributed by atoms with Crippen LogP contribution in [0.1, 0.15) is 39.0 Å². The molecule has 0 aromatic heterocycles. The lowest BCUT2D eigenvalue weighted by atomic mass is 9.90. The molecule has 2 fully saturated rings. The third kappa shape index (κ3) is 2.29. The van der Waals surface area contributed by atoms with Crippen LogP contribution in [0.2, 0.25) is 0 Å². The fourth-order valence-electron chi connectivity index (χ4n) is 3.22. The Bertz CT molecular complexity index is 177. The minimum atomic E-state index is 0.383. The Morgan fingerprint density at radius 3 is 2.57 bits per heavy atom. The summed E-state index contributed by atoms with van der Waals surface area (Å²) in [5.74, 6) is 1.32. The predicted molar refractivity (Wildman–Crippen MR) is 58.2 cm³/mol. The average molecular weight is 197 g/mol. The molecule has 0 aromatic rings. The van der Waals surface area contributed by atoms with Crippen LogP contribution in [-0.2, 0) is 0 Å². The molecule has 1 N–H and O–H groups in total. The average Bonchev–Trinajstić information content (AvgIpc) is 2.69. The van der Waals surface area contributed by atoms with Crippen LogP contribution in [0.15, 0.2) is 0 Å². The number of nitrogens with zero attached hydrogens (tertiary/aromatic N) is 1. The van der Waals surface area contributed by atoms with Crippen LogP contribution < -0.4 is 0 Å². The van der Waals surface area contributed by atoms with Crippen molar-refractivity contribution in [2.75, 3.05) is 19.7 Å². The lowest BCUT2D eigenvalue weighted by Crippen LogP contribution is -2.45. The molecule has 2 unspecified atom stereocenters. The SMILES string of the molecule is CC1CC(CO)CN(C2CCCC2)C1. The standard InChI is InChI=1S/C12H23NO/c1-10-6-11(9-14)8-13(7-10)12-4-2-3-5-12/h10-12,14H,2-9H2,1H3. The molecular weight excluding hydrogens is 174 g/mol. The molecule has 1 heterocycles. The Kier molecular flexibility index (Phi) is 3.45. The topological polar surface area (TPSA) is 23.5 Å². The van der Waals surface area contributed by atoms with Gasteiger partial charge in [-0.15, -0.1) is 0 Å². The lowest BCUT2D eigenvalue weighted by molar-refractivity contribution is 0.0618. The summed E-state index contributed by atoms with van der Waals surface area (Å²) in [7, 11) is 0. The third-order valence-electron chi connectivity index (χ3n) is 3.87. The fourth-order valence-corrected chi connectivity index (χ4v) is 3.22. The van der Waals surface area contributed by atoms with Crippen LogP contribution in [0.3, 0.4) is 0 Å². The van der Waals surface area contributed by atoms with Crippen LogP contribution in [0, 0.1) is 11.8 Å². The van der Waals surface area contributed by atoms with E-state index in [9.17, 15) is 5.11 Å². The number of likely N-dealkylation sites (tertiary alicyclic amines) is 1. The van der Waals surface area contributed by atoms with Gasteiger partial charge in [0.15, 0.2) is 0 Å². The molecule has 2 atom stereocenters. The number of aliphatic hydroxyl groups is 1. The molecule has 2 aliphatic rings. The van der Waals surface area contributed by atoms with Crippen molar-refractivity contribution in [1.29, 1.82) is 0 Å². The first-order chi connectivity index (χ1) is 6.79. The summed E-state index contributed by atoms with van der Waals surface area (Å²) >= 11 is 0. The van der Waals surface area contributed by atoms with E-state index >= 15 is 0 Å². The maximum absolute atomic E-state index is 9.24. The predicted octanol–water partition coefficient (Wildman–Crippen LogP) is 1.88. The highest BCUT2D eigenvalue weighted by Crippen LogP contribution is 2.29. The Labute approximate surface area is 87.3 Å². The Hall–Kier alpha value is -0.0800. The van der Waals surface area contributed by atoms with Crippen molar-refractivity contribution < 1.29 is 5.11 Å².